The molecule has 216 valence electrons. The number of nitrogens with zero attached hydrogens (tertiary/aromatic N) is 1. The number of piperidine rings is 1. The molecule has 11 heteroatoms. The Morgan fingerprint density at radius 1 is 1.00 bits per heavy atom. The molecule has 2 heterocycles. The topological polar surface area (TPSA) is 141 Å². The molecule has 3 aromatic carbocycles. The van der Waals surface area contributed by atoms with E-state index in [0.717, 1.165) is 31.6 Å². The first-order valence-corrected chi connectivity index (χ1v) is 13.6. The van der Waals surface area contributed by atoms with Gasteiger partial charge in [-0.25, -0.2) is 4.79 Å². The van der Waals surface area contributed by atoms with Crippen molar-refractivity contribution >= 4 is 28.3 Å². The van der Waals surface area contributed by atoms with E-state index in [0.29, 0.717) is 52.1 Å². The summed E-state index contributed by atoms with van der Waals surface area (Å²) in [4.78, 5) is 32.0. The van der Waals surface area contributed by atoms with Crippen LogP contribution in [-0.2, 0) is 0 Å². The summed E-state index contributed by atoms with van der Waals surface area (Å²) in [6.45, 7) is 2.29. The molecule has 41 heavy (non-hydrogen) atoms. The van der Waals surface area contributed by atoms with E-state index in [4.69, 9.17) is 14.2 Å². The van der Waals surface area contributed by atoms with Crippen molar-refractivity contribution in [1.29, 1.82) is 0 Å². The molecule has 11 nitrogen and oxygen atoms in total. The SMILES string of the molecule is COc1ccc(C(=O)Nc2ccc(N3CCC(NC[C@H](O)COc4cccc5[nH]c(=O)[nH]c45)CC3)cc2)cc1OC. The van der Waals surface area contributed by atoms with Gasteiger partial charge in [0.25, 0.3) is 5.91 Å². The van der Waals surface area contributed by atoms with Gasteiger partial charge in [0, 0.05) is 42.6 Å². The van der Waals surface area contributed by atoms with E-state index in [-0.39, 0.29) is 18.2 Å². The number of aliphatic hydroxyl groups excluding tert-OH is 1. The van der Waals surface area contributed by atoms with Gasteiger partial charge in [-0.15, -0.1) is 0 Å². The lowest BCUT2D eigenvalue weighted by molar-refractivity contribution is 0.102. The van der Waals surface area contributed by atoms with Crippen LogP contribution in [0.25, 0.3) is 11.0 Å². The van der Waals surface area contributed by atoms with Crippen LogP contribution >= 0.6 is 0 Å². The molecule has 0 bridgehead atoms. The third-order valence-electron chi connectivity index (χ3n) is 7.22. The number of amides is 1. The summed E-state index contributed by atoms with van der Waals surface area (Å²) in [7, 11) is 3.09. The maximum atomic E-state index is 12.7. The molecule has 1 aliphatic rings. The van der Waals surface area contributed by atoms with Gasteiger partial charge in [0.1, 0.15) is 24.0 Å². The zero-order valence-electron chi connectivity index (χ0n) is 23.1. The Morgan fingerprint density at radius 3 is 2.49 bits per heavy atom. The van der Waals surface area contributed by atoms with Crippen LogP contribution < -0.4 is 35.4 Å². The van der Waals surface area contributed by atoms with Crippen LogP contribution in [0.2, 0.25) is 0 Å². The minimum Gasteiger partial charge on any atom is -0.493 e. The monoisotopic (exact) mass is 561 g/mol. The van der Waals surface area contributed by atoms with Crippen molar-refractivity contribution in [3.05, 3.63) is 76.7 Å². The number of aromatic nitrogens is 2. The first-order valence-electron chi connectivity index (χ1n) is 13.6. The van der Waals surface area contributed by atoms with Crippen LogP contribution in [0, 0.1) is 0 Å². The van der Waals surface area contributed by atoms with Crippen LogP contribution in [-0.4, -0.2) is 73.6 Å². The number of methoxy groups -OCH3 is 2. The summed E-state index contributed by atoms with van der Waals surface area (Å²) in [6.07, 6.45) is 1.19. The number of para-hydroxylation sites is 1. The molecule has 5 N–H and O–H groups in total. The molecule has 0 aliphatic carbocycles. The Balaban J connectivity index is 1.05. The van der Waals surface area contributed by atoms with E-state index in [1.807, 2.05) is 24.3 Å². The number of imidazole rings is 1. The number of benzene rings is 3. The third kappa shape index (κ3) is 6.82. The molecule has 1 atom stereocenters. The lowest BCUT2D eigenvalue weighted by Gasteiger charge is -2.34. The fourth-order valence-corrected chi connectivity index (χ4v) is 4.98. The Kier molecular flexibility index (Phi) is 8.76. The third-order valence-corrected chi connectivity index (χ3v) is 7.22. The molecule has 0 saturated carbocycles. The van der Waals surface area contributed by atoms with Crippen LogP contribution in [0.1, 0.15) is 23.2 Å². The van der Waals surface area contributed by atoms with Crippen LogP contribution in [0.15, 0.2) is 65.5 Å². The highest BCUT2D eigenvalue weighted by atomic mass is 16.5. The number of nitrogens with one attached hydrogen (secondary N) is 4. The lowest BCUT2D eigenvalue weighted by Crippen LogP contribution is -2.45. The summed E-state index contributed by atoms with van der Waals surface area (Å²) in [5.74, 6) is 1.37. The molecule has 1 aliphatic heterocycles. The van der Waals surface area contributed by atoms with E-state index in [1.54, 1.807) is 43.5 Å². The lowest BCUT2D eigenvalue weighted by atomic mass is 10.0. The second-order valence-corrected chi connectivity index (χ2v) is 9.96. The molecule has 1 amide bonds. The second-order valence-electron chi connectivity index (χ2n) is 9.96. The van der Waals surface area contributed by atoms with E-state index in [1.165, 1.54) is 7.11 Å². The van der Waals surface area contributed by atoms with E-state index >= 15 is 0 Å². The van der Waals surface area contributed by atoms with E-state index < -0.39 is 6.10 Å². The molecular formula is C30H35N5O6. The van der Waals surface area contributed by atoms with Gasteiger partial charge in [0.05, 0.1) is 19.7 Å². The highest BCUT2D eigenvalue weighted by Gasteiger charge is 2.20. The van der Waals surface area contributed by atoms with Gasteiger partial charge in [-0.2, -0.15) is 0 Å². The fourth-order valence-electron chi connectivity index (χ4n) is 4.98. The average molecular weight is 562 g/mol. The molecular weight excluding hydrogens is 526 g/mol. The Hall–Kier alpha value is -4.48. The van der Waals surface area contributed by atoms with Gasteiger partial charge < -0.3 is 44.8 Å². The van der Waals surface area contributed by atoms with E-state index in [9.17, 15) is 14.7 Å². The number of aromatic amines is 2. The number of hydrogen-bond acceptors (Lipinski definition) is 8. The number of hydrogen-bond donors (Lipinski definition) is 5. The van der Waals surface area contributed by atoms with Gasteiger partial charge in [0.2, 0.25) is 0 Å². The predicted molar refractivity (Wildman–Crippen MR) is 158 cm³/mol. The number of carbonyl (C=O) groups is 1. The zero-order chi connectivity index (χ0) is 28.8. The van der Waals surface area contributed by atoms with Crippen LogP contribution in [0.4, 0.5) is 11.4 Å². The summed E-state index contributed by atoms with van der Waals surface area (Å²) >= 11 is 0. The Morgan fingerprint density at radius 2 is 1.76 bits per heavy atom. The van der Waals surface area contributed by atoms with Crippen molar-refractivity contribution in [2.45, 2.75) is 25.0 Å². The molecule has 0 spiro atoms. The predicted octanol–water partition coefficient (Wildman–Crippen LogP) is 3.12. The largest absolute Gasteiger partial charge is 0.493 e. The van der Waals surface area contributed by atoms with Gasteiger partial charge in [-0.1, -0.05) is 6.07 Å². The Labute approximate surface area is 237 Å². The molecule has 1 fully saturated rings. The fraction of sp³-hybridized carbons (Fsp3) is 0.333. The number of aliphatic hydroxyl groups is 1. The number of carbonyl (C=O) groups excluding carboxylic acids is 1. The van der Waals surface area contributed by atoms with Gasteiger partial charge in [0.15, 0.2) is 11.5 Å². The highest BCUT2D eigenvalue weighted by molar-refractivity contribution is 6.04. The Bertz CT molecular complexity index is 1520. The first-order chi connectivity index (χ1) is 19.9. The molecule has 4 aromatic rings. The molecule has 0 unspecified atom stereocenters. The van der Waals surface area contributed by atoms with Crippen LogP contribution in [0.3, 0.4) is 0 Å². The maximum Gasteiger partial charge on any atom is 0.323 e. The summed E-state index contributed by atoms with van der Waals surface area (Å²) in [5.41, 5.74) is 3.25. The van der Waals surface area contributed by atoms with E-state index in [2.05, 4.69) is 25.5 Å². The maximum absolute atomic E-state index is 12.7. The molecule has 1 aromatic heterocycles. The average Bonchev–Trinajstić information content (AvgIpc) is 3.40. The number of rotatable bonds is 11. The second kappa shape index (κ2) is 12.8. The van der Waals surface area contributed by atoms with Gasteiger partial charge in [-0.05, 0) is 67.4 Å². The molecule has 0 radical (unpaired) electrons. The molecule has 1 saturated heterocycles. The van der Waals surface area contributed by atoms with Crippen molar-refractivity contribution in [3.8, 4) is 17.2 Å². The number of fused-ring (bicyclic) bond motifs is 1. The smallest absolute Gasteiger partial charge is 0.323 e. The van der Waals surface area contributed by atoms with Gasteiger partial charge in [-0.3, -0.25) is 4.79 Å². The minimum absolute atomic E-state index is 0.118. The zero-order valence-corrected chi connectivity index (χ0v) is 23.1. The standard InChI is InChI=1S/C30H35N5O6/c1-39-25-11-6-19(16-27(25)40-2)29(37)32-21-7-9-22(10-8-21)35-14-12-20(13-15-35)31-17-23(36)18-41-26-5-3-4-24-28(26)34-30(38)33-24/h3-11,16,20,23,31,36H,12-15,17-18H2,1-2H3,(H,32,37)(H2,33,34,38)/t23-/m0/s1. The quantitative estimate of drug-likeness (QED) is 0.188. The first kappa shape index (κ1) is 28.1. The van der Waals surface area contributed by atoms with Crippen molar-refractivity contribution in [2.24, 2.45) is 0 Å². The number of ether oxygens (including phenoxy) is 3. The summed E-state index contributed by atoms with van der Waals surface area (Å²) in [6, 6.07) is 18.5. The number of H-pyrrole nitrogens is 2. The van der Waals surface area contributed by atoms with Crippen molar-refractivity contribution in [3.63, 3.8) is 0 Å². The van der Waals surface area contributed by atoms with Crippen molar-refractivity contribution in [1.82, 2.24) is 15.3 Å². The van der Waals surface area contributed by atoms with Gasteiger partial charge >= 0.3 is 5.69 Å². The number of anilines is 2. The normalized spacial score (nSPS) is 14.6. The van der Waals surface area contributed by atoms with Crippen LogP contribution in [0.5, 0.6) is 17.2 Å². The highest BCUT2D eigenvalue weighted by Crippen LogP contribution is 2.28. The summed E-state index contributed by atoms with van der Waals surface area (Å²) < 4.78 is 16.3. The van der Waals surface area contributed by atoms with Crippen molar-refractivity contribution in [2.75, 3.05) is 50.7 Å². The molecule has 5 rings (SSSR count). The minimum atomic E-state index is -0.685. The van der Waals surface area contributed by atoms with Crippen molar-refractivity contribution < 1.29 is 24.1 Å². The summed E-state index contributed by atoms with van der Waals surface area (Å²) in [5, 5.41) is 16.8.